The van der Waals surface area contributed by atoms with E-state index in [0.717, 1.165) is 21.9 Å². The van der Waals surface area contributed by atoms with Gasteiger partial charge in [0.15, 0.2) is 0 Å². The Morgan fingerprint density at radius 2 is 1.70 bits per heavy atom. The van der Waals surface area contributed by atoms with Crippen LogP contribution in [0, 0.1) is 10.1 Å². The fourth-order valence-electron chi connectivity index (χ4n) is 3.85. The summed E-state index contributed by atoms with van der Waals surface area (Å²) in [6, 6.07) is 22.2. The first kappa shape index (κ1) is 24.3. The average Bonchev–Trinajstić information content (AvgIpc) is 2.77. The predicted octanol–water partition coefficient (Wildman–Crippen LogP) is 1.31. The molecule has 0 radical (unpaired) electrons. The molecular weight excluding hydrogens is 484 g/mol. The zero-order chi connectivity index (χ0) is 22.7. The van der Waals surface area contributed by atoms with E-state index in [1.54, 1.807) is 18.2 Å². The lowest BCUT2D eigenvalue weighted by molar-refractivity contribution is -0.902. The summed E-state index contributed by atoms with van der Waals surface area (Å²) in [5.41, 5.74) is 3.22. The summed E-state index contributed by atoms with van der Waals surface area (Å²) in [5, 5.41) is 15.8. The molecule has 1 N–H and O–H groups in total. The number of non-ortho nitro benzene ring substituents is 1. The van der Waals surface area contributed by atoms with E-state index in [1.807, 2.05) is 36.4 Å². The third-order valence-corrected chi connectivity index (χ3v) is 5.55. The van der Waals surface area contributed by atoms with Crippen molar-refractivity contribution in [2.24, 2.45) is 0 Å². The highest BCUT2D eigenvalue weighted by Crippen LogP contribution is 2.22. The molecule has 0 aliphatic heterocycles. The number of fused-ring (bicyclic) bond motifs is 2. The van der Waals surface area contributed by atoms with Gasteiger partial charge in [-0.25, -0.2) is 4.98 Å². The molecule has 1 heterocycles. The summed E-state index contributed by atoms with van der Waals surface area (Å²) in [5.74, 6) is -0.145. The molecule has 1 amide bonds. The van der Waals surface area contributed by atoms with Crippen LogP contribution in [0.15, 0.2) is 72.8 Å². The molecule has 0 aliphatic carbocycles. The molecule has 0 aliphatic rings. The van der Waals surface area contributed by atoms with Gasteiger partial charge in [-0.15, -0.1) is 0 Å². The van der Waals surface area contributed by atoms with Gasteiger partial charge in [0.2, 0.25) is 0 Å². The largest absolute Gasteiger partial charge is 1.00 e. The topological polar surface area (TPSA) is 85.1 Å². The number of nitrogens with one attached hydrogen (secondary N) is 1. The molecule has 33 heavy (non-hydrogen) atoms. The maximum absolute atomic E-state index is 12.9. The Bertz CT molecular complexity index is 1310. The van der Waals surface area contributed by atoms with E-state index in [0.29, 0.717) is 35.2 Å². The molecular formula is C25H25BrN4O3. The van der Waals surface area contributed by atoms with Crippen LogP contribution in [0.25, 0.3) is 21.8 Å². The number of nitro groups is 1. The van der Waals surface area contributed by atoms with Crippen molar-refractivity contribution in [3.05, 3.63) is 94.0 Å². The lowest BCUT2D eigenvalue weighted by Crippen LogP contribution is -3.00. The Morgan fingerprint density at radius 3 is 2.42 bits per heavy atom. The number of carbonyl (C=O) groups excluding carboxylic acids is 1. The molecule has 0 bridgehead atoms. The van der Waals surface area contributed by atoms with E-state index in [9.17, 15) is 14.9 Å². The number of hydrogen-bond acceptors (Lipinski definition) is 4. The van der Waals surface area contributed by atoms with Gasteiger partial charge in [-0.2, -0.15) is 0 Å². The molecule has 7 nitrogen and oxygen atoms in total. The second-order valence-electron chi connectivity index (χ2n) is 8.56. The molecule has 0 unspecified atom stereocenters. The van der Waals surface area contributed by atoms with Crippen molar-refractivity contribution in [2.75, 3.05) is 27.2 Å². The summed E-state index contributed by atoms with van der Waals surface area (Å²) >= 11 is 0. The van der Waals surface area contributed by atoms with Crippen LogP contribution in [0.3, 0.4) is 0 Å². The monoisotopic (exact) mass is 508 g/mol. The molecule has 0 saturated heterocycles. The van der Waals surface area contributed by atoms with Crippen LogP contribution in [0.4, 0.5) is 5.69 Å². The summed E-state index contributed by atoms with van der Waals surface area (Å²) in [6.07, 6.45) is 0. The number of likely N-dealkylation sites (N-methyl/N-ethyl adjacent to an activating group) is 1. The van der Waals surface area contributed by atoms with Crippen molar-refractivity contribution in [2.45, 2.75) is 6.54 Å². The number of aromatic nitrogens is 1. The van der Waals surface area contributed by atoms with Crippen LogP contribution in [-0.2, 0) is 6.54 Å². The van der Waals surface area contributed by atoms with E-state index in [2.05, 4.69) is 25.5 Å². The molecule has 0 fully saturated rings. The summed E-state index contributed by atoms with van der Waals surface area (Å²) < 4.78 is 0.635. The van der Waals surface area contributed by atoms with Crippen molar-refractivity contribution in [3.8, 4) is 0 Å². The Hall–Kier alpha value is -3.36. The van der Waals surface area contributed by atoms with E-state index >= 15 is 0 Å². The first-order valence-corrected chi connectivity index (χ1v) is 10.4. The molecule has 0 spiro atoms. The Kier molecular flexibility index (Phi) is 7.40. The molecule has 1 aromatic heterocycles. The number of carbonyl (C=O) groups is 1. The number of amides is 1. The molecule has 3 aromatic carbocycles. The van der Waals surface area contributed by atoms with Crippen molar-refractivity contribution >= 4 is 33.4 Å². The van der Waals surface area contributed by atoms with Gasteiger partial charge in [0.1, 0.15) is 6.54 Å². The quantitative estimate of drug-likeness (QED) is 0.176. The Labute approximate surface area is 202 Å². The summed E-state index contributed by atoms with van der Waals surface area (Å²) in [6.45, 7) is 1.92. The van der Waals surface area contributed by atoms with E-state index in [-0.39, 0.29) is 28.6 Å². The number of nitro benzene ring substituents is 1. The zero-order valence-corrected chi connectivity index (χ0v) is 20.1. The fraction of sp³-hybridized carbons (Fsp3) is 0.200. The fourth-order valence-corrected chi connectivity index (χ4v) is 3.85. The van der Waals surface area contributed by atoms with Gasteiger partial charge in [-0.3, -0.25) is 14.9 Å². The normalized spacial score (nSPS) is 11.2. The maximum Gasteiger partial charge on any atom is 0.269 e. The third kappa shape index (κ3) is 5.71. The molecule has 170 valence electrons. The molecule has 0 atom stereocenters. The number of rotatable bonds is 7. The number of quaternary nitrogens is 1. The SMILES string of the molecule is C[N+](C)(CCNC(=O)c1cccc2cc3ccccc3nc12)Cc1ccc([N+](=O)[O-])cc1.[Br-]. The second kappa shape index (κ2) is 10.1. The van der Waals surface area contributed by atoms with E-state index in [1.165, 1.54) is 12.1 Å². The van der Waals surface area contributed by atoms with Crippen molar-refractivity contribution in [1.82, 2.24) is 10.3 Å². The summed E-state index contributed by atoms with van der Waals surface area (Å²) in [7, 11) is 4.14. The maximum atomic E-state index is 12.9. The Morgan fingerprint density at radius 1 is 1.00 bits per heavy atom. The lowest BCUT2D eigenvalue weighted by atomic mass is 10.1. The minimum absolute atomic E-state index is 0. The van der Waals surface area contributed by atoms with Crippen LogP contribution in [-0.4, -0.2) is 47.5 Å². The molecule has 4 rings (SSSR count). The van der Waals surface area contributed by atoms with Crippen LogP contribution in [0.1, 0.15) is 15.9 Å². The zero-order valence-electron chi connectivity index (χ0n) is 18.5. The first-order chi connectivity index (χ1) is 15.3. The molecule has 8 heteroatoms. The van der Waals surface area contributed by atoms with Crippen LogP contribution in [0.5, 0.6) is 0 Å². The number of hydrogen-bond donors (Lipinski definition) is 1. The smallest absolute Gasteiger partial charge is 0.269 e. The van der Waals surface area contributed by atoms with Crippen molar-refractivity contribution in [1.29, 1.82) is 0 Å². The molecule has 0 saturated carbocycles. The van der Waals surface area contributed by atoms with Gasteiger partial charge >= 0.3 is 0 Å². The number of para-hydroxylation sites is 2. The number of benzene rings is 3. The Balaban J connectivity index is 0.00000306. The average molecular weight is 509 g/mol. The minimum atomic E-state index is -0.399. The van der Waals surface area contributed by atoms with Gasteiger partial charge < -0.3 is 26.8 Å². The van der Waals surface area contributed by atoms with Gasteiger partial charge in [0.25, 0.3) is 11.6 Å². The van der Waals surface area contributed by atoms with Gasteiger partial charge in [0.05, 0.1) is 48.7 Å². The summed E-state index contributed by atoms with van der Waals surface area (Å²) in [4.78, 5) is 28.1. The van der Waals surface area contributed by atoms with Gasteiger partial charge in [0, 0.05) is 28.5 Å². The second-order valence-corrected chi connectivity index (χ2v) is 8.56. The lowest BCUT2D eigenvalue weighted by Gasteiger charge is -2.30. The number of halogens is 1. The standard InChI is InChI=1S/C25H24N4O3.BrH/c1-29(2,17-18-10-12-21(13-11-18)28(31)32)15-14-26-25(30)22-8-5-7-20-16-19-6-3-4-9-23(19)27-24(20)22;/h3-13,16H,14-15,17H2,1-2H3;1H. The number of pyridine rings is 1. The van der Waals surface area contributed by atoms with E-state index in [4.69, 9.17) is 4.98 Å². The minimum Gasteiger partial charge on any atom is -1.00 e. The van der Waals surface area contributed by atoms with Crippen molar-refractivity contribution < 1.29 is 31.2 Å². The first-order valence-electron chi connectivity index (χ1n) is 10.4. The van der Waals surface area contributed by atoms with Crippen LogP contribution in [0.2, 0.25) is 0 Å². The van der Waals surface area contributed by atoms with Crippen LogP contribution >= 0.6 is 0 Å². The van der Waals surface area contributed by atoms with Gasteiger partial charge in [-0.1, -0.05) is 30.3 Å². The highest BCUT2D eigenvalue weighted by Gasteiger charge is 2.18. The number of nitrogens with zero attached hydrogens (tertiary/aromatic N) is 3. The van der Waals surface area contributed by atoms with Gasteiger partial charge in [-0.05, 0) is 30.3 Å². The highest BCUT2D eigenvalue weighted by molar-refractivity contribution is 6.07. The van der Waals surface area contributed by atoms with Crippen LogP contribution < -0.4 is 22.3 Å². The molecule has 4 aromatic rings. The van der Waals surface area contributed by atoms with E-state index < -0.39 is 4.92 Å². The third-order valence-electron chi connectivity index (χ3n) is 5.55. The highest BCUT2D eigenvalue weighted by atomic mass is 79.9. The van der Waals surface area contributed by atoms with Crippen molar-refractivity contribution in [3.63, 3.8) is 0 Å². The predicted molar refractivity (Wildman–Crippen MR) is 125 cm³/mol.